The van der Waals surface area contributed by atoms with E-state index < -0.39 is 0 Å². The zero-order valence-electron chi connectivity index (χ0n) is 8.90. The molecule has 1 aromatic heterocycles. The van der Waals surface area contributed by atoms with Gasteiger partial charge in [0.1, 0.15) is 0 Å². The Bertz CT molecular complexity index is 482. The number of aromatic nitrogens is 1. The molecule has 2 rings (SSSR count). The Hall–Kier alpha value is -1.83. The Morgan fingerprint density at radius 2 is 1.80 bits per heavy atom. The molecule has 2 aromatic rings. The number of carbonyl (C=O) groups excluding carboxylic acids is 1. The number of hydrogen-bond acceptors (Lipinski definition) is 1. The van der Waals surface area contributed by atoms with Gasteiger partial charge >= 0.3 is 0 Å². The summed E-state index contributed by atoms with van der Waals surface area (Å²) in [5.74, 6) is 0.113. The molecule has 0 radical (unpaired) electrons. The standard InChI is InChI=1S/C13H13NO/c1-10-13(11(2)15)8-9-14(10)12-6-4-3-5-7-12/h3-9H,1-2H3. The molecule has 1 aromatic carbocycles. The second kappa shape index (κ2) is 3.73. The van der Waals surface area contributed by atoms with Crippen LogP contribution in [-0.2, 0) is 0 Å². The number of hydrogen-bond donors (Lipinski definition) is 0. The highest BCUT2D eigenvalue weighted by Crippen LogP contribution is 2.16. The third kappa shape index (κ3) is 1.71. The van der Waals surface area contributed by atoms with E-state index in [0.29, 0.717) is 0 Å². The summed E-state index contributed by atoms with van der Waals surface area (Å²) < 4.78 is 2.02. The fraction of sp³-hybridized carbons (Fsp3) is 0.154. The molecule has 0 atom stereocenters. The van der Waals surface area contributed by atoms with Crippen LogP contribution in [0.5, 0.6) is 0 Å². The SMILES string of the molecule is CC(=O)c1ccn(-c2ccccc2)c1C. The first-order chi connectivity index (χ1) is 7.20. The first-order valence-corrected chi connectivity index (χ1v) is 4.94. The minimum atomic E-state index is 0.113. The van der Waals surface area contributed by atoms with Gasteiger partial charge < -0.3 is 4.57 Å². The smallest absolute Gasteiger partial charge is 0.161 e. The van der Waals surface area contributed by atoms with Gasteiger partial charge in [-0.3, -0.25) is 4.79 Å². The monoisotopic (exact) mass is 199 g/mol. The number of nitrogens with zero attached hydrogens (tertiary/aromatic N) is 1. The molecule has 0 fully saturated rings. The topological polar surface area (TPSA) is 22.0 Å². The lowest BCUT2D eigenvalue weighted by molar-refractivity contribution is 0.101. The summed E-state index contributed by atoms with van der Waals surface area (Å²) in [7, 11) is 0. The van der Waals surface area contributed by atoms with E-state index in [1.54, 1.807) is 6.92 Å². The number of benzene rings is 1. The van der Waals surface area contributed by atoms with Crippen molar-refractivity contribution in [1.82, 2.24) is 4.57 Å². The molecule has 0 N–H and O–H groups in total. The molecule has 0 unspecified atom stereocenters. The van der Waals surface area contributed by atoms with Gasteiger partial charge in [-0.15, -0.1) is 0 Å². The summed E-state index contributed by atoms with van der Waals surface area (Å²) in [6.07, 6.45) is 1.93. The van der Waals surface area contributed by atoms with Gasteiger partial charge in [-0.25, -0.2) is 0 Å². The Labute approximate surface area is 89.2 Å². The van der Waals surface area contributed by atoms with Crippen LogP contribution in [0.4, 0.5) is 0 Å². The molecule has 15 heavy (non-hydrogen) atoms. The summed E-state index contributed by atoms with van der Waals surface area (Å²) in [5.41, 5.74) is 2.87. The van der Waals surface area contributed by atoms with E-state index in [0.717, 1.165) is 16.9 Å². The highest BCUT2D eigenvalue weighted by atomic mass is 16.1. The predicted octanol–water partition coefficient (Wildman–Crippen LogP) is 2.99. The van der Waals surface area contributed by atoms with Crippen LogP contribution in [0.25, 0.3) is 5.69 Å². The molecule has 0 aliphatic rings. The Kier molecular flexibility index (Phi) is 2.42. The van der Waals surface area contributed by atoms with Gasteiger partial charge in [-0.1, -0.05) is 18.2 Å². The van der Waals surface area contributed by atoms with Crippen LogP contribution in [0.15, 0.2) is 42.6 Å². The molecular formula is C13H13NO. The van der Waals surface area contributed by atoms with Crippen molar-refractivity contribution >= 4 is 5.78 Å². The molecular weight excluding hydrogens is 186 g/mol. The molecule has 0 saturated heterocycles. The summed E-state index contributed by atoms with van der Waals surface area (Å²) in [6.45, 7) is 3.56. The Balaban J connectivity index is 2.52. The van der Waals surface area contributed by atoms with Gasteiger partial charge in [0.05, 0.1) is 0 Å². The van der Waals surface area contributed by atoms with Crippen LogP contribution < -0.4 is 0 Å². The van der Waals surface area contributed by atoms with Crippen LogP contribution in [0, 0.1) is 6.92 Å². The normalized spacial score (nSPS) is 10.3. The first kappa shape index (κ1) is 9.71. The van der Waals surface area contributed by atoms with Crippen molar-refractivity contribution in [2.45, 2.75) is 13.8 Å². The summed E-state index contributed by atoms with van der Waals surface area (Å²) in [5, 5.41) is 0. The van der Waals surface area contributed by atoms with Crippen LogP contribution in [-0.4, -0.2) is 10.4 Å². The maximum Gasteiger partial charge on any atom is 0.161 e. The third-order valence-corrected chi connectivity index (χ3v) is 2.56. The van der Waals surface area contributed by atoms with E-state index in [-0.39, 0.29) is 5.78 Å². The predicted molar refractivity (Wildman–Crippen MR) is 60.5 cm³/mol. The average molecular weight is 199 g/mol. The minimum absolute atomic E-state index is 0.113. The molecule has 0 saturated carbocycles. The summed E-state index contributed by atoms with van der Waals surface area (Å²) >= 11 is 0. The van der Waals surface area contributed by atoms with Gasteiger partial charge in [-0.2, -0.15) is 0 Å². The number of carbonyl (C=O) groups is 1. The van der Waals surface area contributed by atoms with E-state index in [1.165, 1.54) is 0 Å². The van der Waals surface area contributed by atoms with Crippen LogP contribution in [0.2, 0.25) is 0 Å². The zero-order chi connectivity index (χ0) is 10.8. The van der Waals surface area contributed by atoms with E-state index >= 15 is 0 Å². The van der Waals surface area contributed by atoms with Crippen molar-refractivity contribution in [2.75, 3.05) is 0 Å². The van der Waals surface area contributed by atoms with Crippen molar-refractivity contribution in [3.05, 3.63) is 53.9 Å². The molecule has 0 bridgehead atoms. The molecule has 1 heterocycles. The molecule has 2 heteroatoms. The maximum absolute atomic E-state index is 11.3. The Morgan fingerprint density at radius 3 is 2.33 bits per heavy atom. The maximum atomic E-state index is 11.3. The molecule has 0 aliphatic heterocycles. The van der Waals surface area contributed by atoms with Crippen molar-refractivity contribution in [1.29, 1.82) is 0 Å². The molecule has 2 nitrogen and oxygen atoms in total. The molecule has 0 spiro atoms. The van der Waals surface area contributed by atoms with Crippen LogP contribution in [0.1, 0.15) is 23.0 Å². The number of ketones is 1. The van der Waals surface area contributed by atoms with Crippen molar-refractivity contribution in [3.8, 4) is 5.69 Å². The van der Waals surface area contributed by atoms with E-state index in [1.807, 2.05) is 54.1 Å². The van der Waals surface area contributed by atoms with Gasteiger partial charge in [0, 0.05) is 23.1 Å². The lowest BCUT2D eigenvalue weighted by Crippen LogP contribution is -1.98. The van der Waals surface area contributed by atoms with E-state index in [4.69, 9.17) is 0 Å². The van der Waals surface area contributed by atoms with Gasteiger partial charge in [-0.05, 0) is 32.0 Å². The third-order valence-electron chi connectivity index (χ3n) is 2.56. The quantitative estimate of drug-likeness (QED) is 0.681. The summed E-state index contributed by atoms with van der Waals surface area (Å²) in [4.78, 5) is 11.3. The average Bonchev–Trinajstić information content (AvgIpc) is 2.61. The highest BCUT2D eigenvalue weighted by Gasteiger charge is 2.08. The summed E-state index contributed by atoms with van der Waals surface area (Å²) in [6, 6.07) is 11.9. The lowest BCUT2D eigenvalue weighted by Gasteiger charge is -2.06. The fourth-order valence-electron chi connectivity index (χ4n) is 1.75. The van der Waals surface area contributed by atoms with Gasteiger partial charge in [0.25, 0.3) is 0 Å². The van der Waals surface area contributed by atoms with Crippen LogP contribution in [0.3, 0.4) is 0 Å². The van der Waals surface area contributed by atoms with Crippen molar-refractivity contribution < 1.29 is 4.79 Å². The van der Waals surface area contributed by atoms with E-state index in [2.05, 4.69) is 0 Å². The van der Waals surface area contributed by atoms with Gasteiger partial charge in [0.2, 0.25) is 0 Å². The largest absolute Gasteiger partial charge is 0.320 e. The highest BCUT2D eigenvalue weighted by molar-refractivity contribution is 5.95. The van der Waals surface area contributed by atoms with E-state index in [9.17, 15) is 4.79 Å². The first-order valence-electron chi connectivity index (χ1n) is 4.94. The number of rotatable bonds is 2. The van der Waals surface area contributed by atoms with Crippen molar-refractivity contribution in [2.24, 2.45) is 0 Å². The second-order valence-corrected chi connectivity index (χ2v) is 3.58. The lowest BCUT2D eigenvalue weighted by atomic mass is 10.2. The van der Waals surface area contributed by atoms with Crippen molar-refractivity contribution in [3.63, 3.8) is 0 Å². The second-order valence-electron chi connectivity index (χ2n) is 3.58. The van der Waals surface area contributed by atoms with Crippen LogP contribution >= 0.6 is 0 Å². The minimum Gasteiger partial charge on any atom is -0.320 e. The Morgan fingerprint density at radius 1 is 1.13 bits per heavy atom. The fourth-order valence-corrected chi connectivity index (χ4v) is 1.75. The van der Waals surface area contributed by atoms with Gasteiger partial charge in [0.15, 0.2) is 5.78 Å². The zero-order valence-corrected chi connectivity index (χ0v) is 8.90. The molecule has 0 amide bonds. The molecule has 0 aliphatic carbocycles. The number of Topliss-reactive ketones (excluding diaryl/α,β-unsaturated/α-hetero) is 1. The number of para-hydroxylation sites is 1. The molecule has 76 valence electrons.